The lowest BCUT2D eigenvalue weighted by Crippen LogP contribution is -2.69. The van der Waals surface area contributed by atoms with Crippen molar-refractivity contribution in [3.8, 4) is 0 Å². The Morgan fingerprint density at radius 2 is 1.76 bits per heavy atom. The van der Waals surface area contributed by atoms with Crippen molar-refractivity contribution in [3.63, 3.8) is 0 Å². The van der Waals surface area contributed by atoms with E-state index in [4.69, 9.17) is 22.8 Å². The van der Waals surface area contributed by atoms with Crippen LogP contribution < -0.4 is 11.1 Å². The Hall–Kier alpha value is -1.01. The van der Waals surface area contributed by atoms with Crippen molar-refractivity contribution in [2.75, 3.05) is 6.61 Å². The third-order valence-corrected chi connectivity index (χ3v) is 8.71. The molecule has 0 radical (unpaired) electrons. The maximum Gasteiger partial charge on any atom is 0.0819 e. The Morgan fingerprint density at radius 3 is 2.38 bits per heavy atom. The predicted octanol–water partition coefficient (Wildman–Crippen LogP) is 4.08. The van der Waals surface area contributed by atoms with Crippen LogP contribution in [0.15, 0.2) is 30.3 Å². The van der Waals surface area contributed by atoms with E-state index >= 15 is 0 Å². The van der Waals surface area contributed by atoms with Gasteiger partial charge in [0.25, 0.3) is 0 Å². The molecular weight excluding hydrogens is 378 g/mol. The van der Waals surface area contributed by atoms with Gasteiger partial charge in [-0.05, 0) is 75.7 Å². The lowest BCUT2D eigenvalue weighted by molar-refractivity contribution is -0.276. The summed E-state index contributed by atoms with van der Waals surface area (Å²) in [6, 6.07) is 13.0. The molecule has 29 heavy (non-hydrogen) atoms. The van der Waals surface area contributed by atoms with E-state index in [1.807, 2.05) is 0 Å². The topological polar surface area (TPSA) is 50.5 Å². The van der Waals surface area contributed by atoms with Gasteiger partial charge >= 0.3 is 0 Å². The van der Waals surface area contributed by atoms with Crippen molar-refractivity contribution in [1.29, 1.82) is 0 Å². The van der Waals surface area contributed by atoms with Gasteiger partial charge in [-0.3, -0.25) is 4.84 Å². The number of nitrogens with two attached hydrogens (primary N) is 1. The molecule has 5 fully saturated rings. The van der Waals surface area contributed by atoms with Gasteiger partial charge in [-0.25, -0.2) is 0 Å². The van der Waals surface area contributed by atoms with Crippen molar-refractivity contribution in [1.82, 2.24) is 10.4 Å². The maximum atomic E-state index is 6.16. The van der Waals surface area contributed by atoms with Gasteiger partial charge in [0.1, 0.15) is 0 Å². The summed E-state index contributed by atoms with van der Waals surface area (Å²) >= 11 is 6.16. The standard InChI is InChI=1S/C24H35N3OS/c1-2-28-27-20-12-23(17-6-4-3-5-7-17)13-21(27)15-24(14-20,16-23)22(29)26-19-10-8-18(25)9-11-19/h3-7,18-21H,2,8-16,25H2,1H3,(H,26,29)/t18-,19-,20?,21?,23?,24?. The van der Waals surface area contributed by atoms with Gasteiger partial charge in [0, 0.05) is 29.6 Å². The zero-order chi connectivity index (χ0) is 20.1. The fourth-order valence-corrected chi connectivity index (χ4v) is 7.47. The summed E-state index contributed by atoms with van der Waals surface area (Å²) in [5.74, 6) is 0. The van der Waals surface area contributed by atoms with Crippen LogP contribution in [-0.4, -0.2) is 40.8 Å². The molecule has 0 amide bonds. The summed E-state index contributed by atoms with van der Waals surface area (Å²) in [7, 11) is 0. The zero-order valence-corrected chi connectivity index (χ0v) is 18.4. The highest BCUT2D eigenvalue weighted by Gasteiger charge is 2.63. The van der Waals surface area contributed by atoms with E-state index in [1.54, 1.807) is 0 Å². The summed E-state index contributed by atoms with van der Waals surface area (Å²) in [6.07, 6.45) is 10.4. The highest BCUT2D eigenvalue weighted by molar-refractivity contribution is 7.80. The van der Waals surface area contributed by atoms with Crippen molar-refractivity contribution >= 4 is 17.2 Å². The van der Waals surface area contributed by atoms with E-state index in [-0.39, 0.29) is 10.8 Å². The molecular formula is C24H35N3OS. The van der Waals surface area contributed by atoms with Gasteiger partial charge in [0.2, 0.25) is 0 Å². The van der Waals surface area contributed by atoms with Gasteiger partial charge in [-0.15, -0.1) is 0 Å². The van der Waals surface area contributed by atoms with Crippen LogP contribution in [-0.2, 0) is 10.3 Å². The van der Waals surface area contributed by atoms with Gasteiger partial charge in [0.05, 0.1) is 11.6 Å². The number of benzene rings is 1. The van der Waals surface area contributed by atoms with E-state index < -0.39 is 0 Å². The third-order valence-electron chi connectivity index (χ3n) is 8.16. The van der Waals surface area contributed by atoms with E-state index in [9.17, 15) is 0 Å². The number of piperidine rings is 2. The van der Waals surface area contributed by atoms with Crippen LogP contribution in [0, 0.1) is 5.41 Å². The lowest BCUT2D eigenvalue weighted by atomic mass is 9.47. The third kappa shape index (κ3) is 3.44. The second-order valence-electron chi connectivity index (χ2n) is 10.1. The Morgan fingerprint density at radius 1 is 1.10 bits per heavy atom. The molecule has 4 nitrogen and oxygen atoms in total. The first-order chi connectivity index (χ1) is 14.0. The lowest BCUT2D eigenvalue weighted by Gasteiger charge is -2.65. The average molecular weight is 414 g/mol. The molecule has 2 aliphatic heterocycles. The Kier molecular flexibility index (Phi) is 5.22. The van der Waals surface area contributed by atoms with E-state index in [2.05, 4.69) is 47.6 Å². The quantitative estimate of drug-likeness (QED) is 0.713. The number of nitrogens with one attached hydrogen (secondary N) is 1. The van der Waals surface area contributed by atoms with Gasteiger partial charge < -0.3 is 11.1 Å². The molecule has 5 heteroatoms. The predicted molar refractivity (Wildman–Crippen MR) is 121 cm³/mol. The molecule has 1 aromatic carbocycles. The number of hydroxylamine groups is 2. The number of hydrogen-bond acceptors (Lipinski definition) is 4. The zero-order valence-electron chi connectivity index (χ0n) is 17.6. The van der Waals surface area contributed by atoms with Crippen molar-refractivity contribution in [2.24, 2.45) is 11.1 Å². The molecule has 3 saturated carbocycles. The molecule has 2 saturated heterocycles. The van der Waals surface area contributed by atoms with Crippen molar-refractivity contribution < 1.29 is 4.84 Å². The Balaban J connectivity index is 1.42. The second kappa shape index (κ2) is 7.60. The molecule has 2 atom stereocenters. The maximum absolute atomic E-state index is 6.16. The number of nitrogens with zero attached hydrogens (tertiary/aromatic N) is 1. The van der Waals surface area contributed by atoms with Crippen molar-refractivity contribution in [2.45, 2.75) is 94.3 Å². The highest BCUT2D eigenvalue weighted by atomic mass is 32.1. The molecule has 3 aliphatic carbocycles. The van der Waals surface area contributed by atoms with Crippen LogP contribution in [0.5, 0.6) is 0 Å². The Labute approximate surface area is 180 Å². The smallest absolute Gasteiger partial charge is 0.0819 e. The first kappa shape index (κ1) is 19.9. The molecule has 4 bridgehead atoms. The SMILES string of the molecule is CCON1C2CC3(C(=S)N[C@H]4CC[C@H](N)CC4)CC1CC(c1ccccc1)(C2)C3. The van der Waals surface area contributed by atoms with Crippen molar-refractivity contribution in [3.05, 3.63) is 35.9 Å². The second-order valence-corrected chi connectivity index (χ2v) is 10.5. The molecule has 0 aromatic heterocycles. The normalized spacial score (nSPS) is 41.4. The molecule has 3 N–H and O–H groups in total. The summed E-state index contributed by atoms with van der Waals surface area (Å²) < 4.78 is 0. The fourth-order valence-electron chi connectivity index (χ4n) is 7.07. The minimum atomic E-state index is 0.115. The van der Waals surface area contributed by atoms with E-state index in [1.165, 1.54) is 24.8 Å². The molecule has 5 aliphatic rings. The molecule has 2 unspecified atom stereocenters. The molecule has 1 aromatic rings. The molecule has 2 heterocycles. The van der Waals surface area contributed by atoms with Gasteiger partial charge in [-0.1, -0.05) is 42.5 Å². The highest BCUT2D eigenvalue weighted by Crippen LogP contribution is 2.62. The van der Waals surface area contributed by atoms with Crippen LogP contribution in [0.2, 0.25) is 0 Å². The van der Waals surface area contributed by atoms with Crippen LogP contribution in [0.25, 0.3) is 0 Å². The minimum Gasteiger partial charge on any atom is -0.376 e. The summed E-state index contributed by atoms with van der Waals surface area (Å²) in [4.78, 5) is 7.27. The largest absolute Gasteiger partial charge is 0.376 e. The summed E-state index contributed by atoms with van der Waals surface area (Å²) in [5.41, 5.74) is 7.97. The van der Waals surface area contributed by atoms with Crippen LogP contribution in [0.3, 0.4) is 0 Å². The average Bonchev–Trinajstić information content (AvgIpc) is 2.72. The number of rotatable bonds is 5. The fraction of sp³-hybridized carbons (Fsp3) is 0.708. The van der Waals surface area contributed by atoms with Crippen LogP contribution >= 0.6 is 12.2 Å². The molecule has 158 valence electrons. The van der Waals surface area contributed by atoms with Crippen LogP contribution in [0.1, 0.15) is 70.3 Å². The van der Waals surface area contributed by atoms with Crippen LogP contribution in [0.4, 0.5) is 0 Å². The number of thiocarbonyl (C=S) groups is 1. The van der Waals surface area contributed by atoms with Gasteiger partial charge in [0.15, 0.2) is 0 Å². The molecule has 6 rings (SSSR count). The molecule has 0 spiro atoms. The van der Waals surface area contributed by atoms with E-state index in [0.29, 0.717) is 24.2 Å². The number of hydrogen-bond donors (Lipinski definition) is 2. The first-order valence-corrected chi connectivity index (χ1v) is 12.0. The summed E-state index contributed by atoms with van der Waals surface area (Å²) in [5, 5.41) is 6.18. The monoisotopic (exact) mass is 413 g/mol. The Bertz CT molecular complexity index is 730. The summed E-state index contributed by atoms with van der Waals surface area (Å²) in [6.45, 7) is 2.86. The van der Waals surface area contributed by atoms with Gasteiger partial charge in [-0.2, -0.15) is 5.06 Å². The van der Waals surface area contributed by atoms with E-state index in [0.717, 1.165) is 50.1 Å². The first-order valence-electron chi connectivity index (χ1n) is 11.6. The minimum absolute atomic E-state index is 0.115.